The highest BCUT2D eigenvalue weighted by molar-refractivity contribution is 5.81. The van der Waals surface area contributed by atoms with E-state index < -0.39 is 0 Å². The van der Waals surface area contributed by atoms with E-state index in [0.29, 0.717) is 6.61 Å². The maximum Gasteiger partial charge on any atom is 0.160 e. The molecule has 0 heterocycles. The lowest BCUT2D eigenvalue weighted by Gasteiger charge is -2.07. The lowest BCUT2D eigenvalue weighted by atomic mass is 10.1. The molecule has 3 heteroatoms. The Morgan fingerprint density at radius 1 is 1.12 bits per heavy atom. The Balaban J connectivity index is 3.11. The van der Waals surface area contributed by atoms with Crippen LogP contribution in [0.15, 0.2) is 0 Å². The zero-order valence-corrected chi connectivity index (χ0v) is 11.9. The Morgan fingerprint density at radius 3 is 2.41 bits per heavy atom. The van der Waals surface area contributed by atoms with Crippen LogP contribution in [0.25, 0.3) is 0 Å². The molecule has 0 bridgehead atoms. The first-order chi connectivity index (χ1) is 8.04. The van der Waals surface area contributed by atoms with Crippen molar-refractivity contribution in [1.82, 2.24) is 5.32 Å². The van der Waals surface area contributed by atoms with E-state index in [-0.39, 0.29) is 18.3 Å². The molecule has 0 fully saturated rings. The van der Waals surface area contributed by atoms with Gasteiger partial charge in [-0.2, -0.15) is 0 Å². The molecule has 3 nitrogen and oxygen atoms in total. The number of ketones is 1. The van der Waals surface area contributed by atoms with Crippen LogP contribution >= 0.6 is 0 Å². The van der Waals surface area contributed by atoms with Gasteiger partial charge in [0.2, 0.25) is 0 Å². The van der Waals surface area contributed by atoms with E-state index >= 15 is 0 Å². The quantitative estimate of drug-likeness (QED) is 0.567. The van der Waals surface area contributed by atoms with E-state index in [1.54, 1.807) is 0 Å². The summed E-state index contributed by atoms with van der Waals surface area (Å²) < 4.78 is 5.33. The molecular formula is C14H29NO2. The van der Waals surface area contributed by atoms with Crippen LogP contribution in [0.5, 0.6) is 0 Å². The molecule has 0 saturated heterocycles. The summed E-state index contributed by atoms with van der Waals surface area (Å²) in [5.74, 6) is 1.01. The summed E-state index contributed by atoms with van der Waals surface area (Å²) in [7, 11) is 0. The number of carbonyl (C=O) groups is 1. The highest BCUT2D eigenvalue weighted by atomic mass is 16.5. The van der Waals surface area contributed by atoms with Gasteiger partial charge < -0.3 is 10.1 Å². The van der Waals surface area contributed by atoms with Crippen LogP contribution < -0.4 is 5.32 Å². The monoisotopic (exact) mass is 243 g/mol. The molecule has 0 aromatic carbocycles. The number of rotatable bonds is 11. The minimum absolute atomic E-state index is 0.0928. The number of unbranched alkanes of at least 4 members (excludes halogenated alkanes) is 2. The second kappa shape index (κ2) is 10.7. The van der Waals surface area contributed by atoms with Crippen LogP contribution in [0.4, 0.5) is 0 Å². The number of Topliss-reactive ketones (excluding diaryl/α,β-unsaturated/α-hetero) is 1. The zero-order valence-electron chi connectivity index (χ0n) is 11.9. The minimum Gasteiger partial charge on any atom is -0.374 e. The standard InChI is InChI=1S/C14H29NO2/c1-12(2)10-15-8-6-5-7-9-17-11-14(16)13(3)4/h12-13,15H,5-11H2,1-4H3. The molecule has 0 saturated carbocycles. The molecule has 0 radical (unpaired) electrons. The van der Waals surface area contributed by atoms with Gasteiger partial charge in [-0.3, -0.25) is 4.79 Å². The average molecular weight is 243 g/mol. The van der Waals surface area contributed by atoms with Crippen LogP contribution in [0, 0.1) is 11.8 Å². The Labute approximate surface area is 106 Å². The molecule has 0 rings (SSSR count). The van der Waals surface area contributed by atoms with Crippen LogP contribution in [-0.4, -0.2) is 32.1 Å². The minimum atomic E-state index is 0.0928. The molecule has 0 aliphatic carbocycles. The number of hydrogen-bond donors (Lipinski definition) is 1. The molecule has 0 unspecified atom stereocenters. The van der Waals surface area contributed by atoms with Crippen LogP contribution in [0.3, 0.4) is 0 Å². The van der Waals surface area contributed by atoms with E-state index in [9.17, 15) is 4.79 Å². The first-order valence-electron chi connectivity index (χ1n) is 6.85. The van der Waals surface area contributed by atoms with Gasteiger partial charge in [0.25, 0.3) is 0 Å². The van der Waals surface area contributed by atoms with E-state index in [4.69, 9.17) is 4.74 Å². The summed E-state index contributed by atoms with van der Waals surface area (Å²) in [5, 5.41) is 3.41. The van der Waals surface area contributed by atoms with Crippen molar-refractivity contribution in [2.24, 2.45) is 11.8 Å². The van der Waals surface area contributed by atoms with E-state index in [0.717, 1.165) is 25.4 Å². The normalized spacial score (nSPS) is 11.4. The molecule has 0 aromatic heterocycles. The molecule has 0 aromatic rings. The van der Waals surface area contributed by atoms with Crippen molar-refractivity contribution in [2.45, 2.75) is 47.0 Å². The van der Waals surface area contributed by atoms with Crippen molar-refractivity contribution < 1.29 is 9.53 Å². The van der Waals surface area contributed by atoms with Gasteiger partial charge in [-0.1, -0.05) is 27.7 Å². The number of carbonyl (C=O) groups excluding carboxylic acids is 1. The summed E-state index contributed by atoms with van der Waals surface area (Å²) in [6.07, 6.45) is 3.41. The average Bonchev–Trinajstić information content (AvgIpc) is 2.25. The van der Waals surface area contributed by atoms with Gasteiger partial charge in [0.1, 0.15) is 6.61 Å². The summed E-state index contributed by atoms with van der Waals surface area (Å²) >= 11 is 0. The fourth-order valence-corrected chi connectivity index (χ4v) is 1.36. The maximum atomic E-state index is 11.2. The van der Waals surface area contributed by atoms with E-state index in [1.807, 2.05) is 13.8 Å². The van der Waals surface area contributed by atoms with Crippen LogP contribution in [-0.2, 0) is 9.53 Å². The molecule has 0 atom stereocenters. The largest absolute Gasteiger partial charge is 0.374 e. The molecule has 0 aliphatic rings. The summed E-state index contributed by atoms with van der Waals surface area (Å²) in [6, 6.07) is 0. The van der Waals surface area contributed by atoms with E-state index in [2.05, 4.69) is 19.2 Å². The predicted molar refractivity (Wildman–Crippen MR) is 72.2 cm³/mol. The Morgan fingerprint density at radius 2 is 1.82 bits per heavy atom. The zero-order chi connectivity index (χ0) is 13.1. The third kappa shape index (κ3) is 11.8. The van der Waals surface area contributed by atoms with Crippen molar-refractivity contribution >= 4 is 5.78 Å². The molecule has 1 N–H and O–H groups in total. The topological polar surface area (TPSA) is 38.3 Å². The van der Waals surface area contributed by atoms with Gasteiger partial charge in [0, 0.05) is 12.5 Å². The first kappa shape index (κ1) is 16.6. The van der Waals surface area contributed by atoms with E-state index in [1.165, 1.54) is 12.8 Å². The van der Waals surface area contributed by atoms with Crippen molar-refractivity contribution in [2.75, 3.05) is 26.3 Å². The van der Waals surface area contributed by atoms with Gasteiger partial charge in [0.05, 0.1) is 0 Å². The Hall–Kier alpha value is -0.410. The second-order valence-corrected chi connectivity index (χ2v) is 5.33. The lowest BCUT2D eigenvalue weighted by Crippen LogP contribution is -2.20. The Kier molecular flexibility index (Phi) is 10.5. The molecular weight excluding hydrogens is 214 g/mol. The number of nitrogens with one attached hydrogen (secondary N) is 1. The van der Waals surface area contributed by atoms with Gasteiger partial charge in [0.15, 0.2) is 5.78 Å². The summed E-state index contributed by atoms with van der Waals surface area (Å²) in [6.45, 7) is 11.4. The summed E-state index contributed by atoms with van der Waals surface area (Å²) in [5.41, 5.74) is 0. The smallest absolute Gasteiger partial charge is 0.160 e. The van der Waals surface area contributed by atoms with Gasteiger partial charge in [-0.25, -0.2) is 0 Å². The highest BCUT2D eigenvalue weighted by Gasteiger charge is 2.06. The van der Waals surface area contributed by atoms with Crippen molar-refractivity contribution in [3.63, 3.8) is 0 Å². The second-order valence-electron chi connectivity index (χ2n) is 5.33. The molecule has 0 aliphatic heterocycles. The first-order valence-corrected chi connectivity index (χ1v) is 6.85. The fourth-order valence-electron chi connectivity index (χ4n) is 1.36. The summed E-state index contributed by atoms with van der Waals surface area (Å²) in [4.78, 5) is 11.2. The number of hydrogen-bond acceptors (Lipinski definition) is 3. The third-order valence-corrected chi connectivity index (χ3v) is 2.58. The van der Waals surface area contributed by atoms with Crippen molar-refractivity contribution in [3.05, 3.63) is 0 Å². The Bertz CT molecular complexity index is 191. The lowest BCUT2D eigenvalue weighted by molar-refractivity contribution is -0.126. The third-order valence-electron chi connectivity index (χ3n) is 2.58. The van der Waals surface area contributed by atoms with Crippen molar-refractivity contribution in [3.8, 4) is 0 Å². The molecule has 0 spiro atoms. The highest BCUT2D eigenvalue weighted by Crippen LogP contribution is 1.98. The van der Waals surface area contributed by atoms with Gasteiger partial charge >= 0.3 is 0 Å². The van der Waals surface area contributed by atoms with Gasteiger partial charge in [-0.15, -0.1) is 0 Å². The van der Waals surface area contributed by atoms with Crippen LogP contribution in [0.1, 0.15) is 47.0 Å². The fraction of sp³-hybridized carbons (Fsp3) is 0.929. The SMILES string of the molecule is CC(C)CNCCCCCOCC(=O)C(C)C. The number of ether oxygens (including phenoxy) is 1. The molecule has 17 heavy (non-hydrogen) atoms. The van der Waals surface area contributed by atoms with Gasteiger partial charge in [-0.05, 0) is 38.3 Å². The van der Waals surface area contributed by atoms with Crippen molar-refractivity contribution in [1.29, 1.82) is 0 Å². The molecule has 0 amide bonds. The maximum absolute atomic E-state index is 11.2. The predicted octanol–water partition coefficient (Wildman–Crippen LogP) is 2.64. The van der Waals surface area contributed by atoms with Crippen LogP contribution in [0.2, 0.25) is 0 Å². The molecule has 102 valence electrons.